The molecule has 1 saturated carbocycles. The molecule has 31 heavy (non-hydrogen) atoms. The molecule has 0 amide bonds. The average molecular weight is 416 g/mol. The zero-order valence-corrected chi connectivity index (χ0v) is 19.1. The zero-order chi connectivity index (χ0) is 22.2. The van der Waals surface area contributed by atoms with E-state index in [1.54, 1.807) is 7.05 Å². The lowest BCUT2D eigenvalue weighted by molar-refractivity contribution is 0.333. The van der Waals surface area contributed by atoms with E-state index >= 15 is 0 Å². The second kappa shape index (κ2) is 10.7. The molecule has 0 bridgehead atoms. The van der Waals surface area contributed by atoms with Crippen LogP contribution in [0.15, 0.2) is 60.4 Å². The summed E-state index contributed by atoms with van der Waals surface area (Å²) in [5.41, 5.74) is 5.12. The second-order valence-corrected chi connectivity index (χ2v) is 8.10. The summed E-state index contributed by atoms with van der Waals surface area (Å²) in [7, 11) is 5.80. The molecular formula is C26H33N5. The third-order valence-electron chi connectivity index (χ3n) is 5.53. The topological polar surface area (TPSA) is 53.4 Å². The molecule has 1 aliphatic rings. The molecule has 1 heterocycles. The predicted octanol–water partition coefficient (Wildman–Crippen LogP) is 5.55. The van der Waals surface area contributed by atoms with Gasteiger partial charge in [-0.3, -0.25) is 4.99 Å². The van der Waals surface area contributed by atoms with Crippen molar-refractivity contribution in [3.05, 3.63) is 66.5 Å². The Kier molecular flexibility index (Phi) is 7.76. The normalized spacial score (nSPS) is 15.1. The highest BCUT2D eigenvalue weighted by Crippen LogP contribution is 2.29. The third kappa shape index (κ3) is 5.69. The minimum Gasteiger partial charge on any atom is -0.383 e. The Balaban J connectivity index is 1.99. The maximum atomic E-state index is 4.93. The minimum absolute atomic E-state index is 0.707. The van der Waals surface area contributed by atoms with Gasteiger partial charge in [0.05, 0.1) is 0 Å². The lowest BCUT2D eigenvalue weighted by Gasteiger charge is -2.26. The molecule has 162 valence electrons. The van der Waals surface area contributed by atoms with Gasteiger partial charge in [-0.1, -0.05) is 43.4 Å². The number of nitrogens with one attached hydrogen (secondary N) is 1. The number of hydrogen-bond donors (Lipinski definition) is 1. The summed E-state index contributed by atoms with van der Waals surface area (Å²) >= 11 is 0. The largest absolute Gasteiger partial charge is 0.383 e. The van der Waals surface area contributed by atoms with E-state index in [1.807, 2.05) is 56.5 Å². The summed E-state index contributed by atoms with van der Waals surface area (Å²) in [5, 5.41) is 3.59. The van der Waals surface area contributed by atoms with Crippen molar-refractivity contribution in [3.63, 3.8) is 0 Å². The molecule has 0 saturated heterocycles. The second-order valence-electron chi connectivity index (χ2n) is 8.10. The van der Waals surface area contributed by atoms with Crippen molar-refractivity contribution in [1.29, 1.82) is 0 Å². The lowest BCUT2D eigenvalue weighted by Crippen LogP contribution is -2.22. The molecule has 0 atom stereocenters. The fourth-order valence-electron chi connectivity index (χ4n) is 3.60. The van der Waals surface area contributed by atoms with Crippen LogP contribution < -0.4 is 5.32 Å². The van der Waals surface area contributed by atoms with E-state index in [0.29, 0.717) is 5.82 Å². The molecule has 2 aromatic rings. The van der Waals surface area contributed by atoms with Crippen LogP contribution in [-0.4, -0.2) is 48.8 Å². The van der Waals surface area contributed by atoms with Crippen LogP contribution in [0.3, 0.4) is 0 Å². The number of aliphatic imine (C=N–C) groups is 1. The summed E-state index contributed by atoms with van der Waals surface area (Å²) in [6.45, 7) is 6.92. The summed E-state index contributed by atoms with van der Waals surface area (Å²) in [6.07, 6.45) is 13.6. The first-order chi connectivity index (χ1) is 15.0. The van der Waals surface area contributed by atoms with Crippen LogP contribution in [0.2, 0.25) is 0 Å². The third-order valence-corrected chi connectivity index (χ3v) is 5.53. The van der Waals surface area contributed by atoms with Gasteiger partial charge >= 0.3 is 0 Å². The van der Waals surface area contributed by atoms with E-state index in [9.17, 15) is 0 Å². The molecule has 3 rings (SSSR count). The molecule has 1 aromatic carbocycles. The SMILES string of the molecule is C=C/C(=C\N(C)C)c1cccc(-c2ncc(C(/C=N\C)=C/C)c(NCC3CCC3)n2)c1. The van der Waals surface area contributed by atoms with Crippen molar-refractivity contribution < 1.29 is 0 Å². The van der Waals surface area contributed by atoms with E-state index in [4.69, 9.17) is 9.97 Å². The summed E-state index contributed by atoms with van der Waals surface area (Å²) in [5.74, 6) is 2.30. The molecule has 0 radical (unpaired) electrons. The lowest BCUT2D eigenvalue weighted by atomic mass is 9.85. The number of hydrogen-bond acceptors (Lipinski definition) is 5. The Morgan fingerprint density at radius 2 is 2.10 bits per heavy atom. The Bertz CT molecular complexity index is 997. The first-order valence-electron chi connectivity index (χ1n) is 10.9. The quantitative estimate of drug-likeness (QED) is 0.431. The van der Waals surface area contributed by atoms with E-state index in [2.05, 4.69) is 41.3 Å². The Labute approximate surface area is 186 Å². The van der Waals surface area contributed by atoms with E-state index < -0.39 is 0 Å². The summed E-state index contributed by atoms with van der Waals surface area (Å²) in [4.78, 5) is 15.8. The van der Waals surface area contributed by atoms with Crippen molar-refractivity contribution in [3.8, 4) is 11.4 Å². The van der Waals surface area contributed by atoms with Gasteiger partial charge in [0.1, 0.15) is 5.82 Å². The predicted molar refractivity (Wildman–Crippen MR) is 133 cm³/mol. The molecule has 1 fully saturated rings. The van der Waals surface area contributed by atoms with E-state index in [1.165, 1.54) is 19.3 Å². The van der Waals surface area contributed by atoms with E-state index in [-0.39, 0.29) is 0 Å². The Hall–Kier alpha value is -3.21. The minimum atomic E-state index is 0.707. The molecule has 0 unspecified atom stereocenters. The molecule has 1 N–H and O–H groups in total. The number of nitrogens with zero attached hydrogens (tertiary/aromatic N) is 4. The van der Waals surface area contributed by atoms with Gasteiger partial charge < -0.3 is 10.2 Å². The van der Waals surface area contributed by atoms with Gasteiger partial charge in [-0.05, 0) is 42.9 Å². The molecule has 1 aliphatic carbocycles. The van der Waals surface area contributed by atoms with Crippen LogP contribution in [0.1, 0.15) is 37.3 Å². The Morgan fingerprint density at radius 1 is 1.29 bits per heavy atom. The molecule has 0 spiro atoms. The van der Waals surface area contributed by atoms with Gasteiger partial charge in [0.15, 0.2) is 5.82 Å². The number of allylic oxidation sites excluding steroid dienone is 4. The van der Waals surface area contributed by atoms with Gasteiger partial charge in [-0.2, -0.15) is 0 Å². The standard InChI is InChI=1S/C26H33N5/c1-6-20(16-27-3)24-17-29-25(30-26(24)28-15-19-10-8-11-19)23-13-9-12-22(14-23)21(7-2)18-31(4)5/h6-7,9,12-14,16-19H,2,8,10-11,15H2,1,3-5H3,(H,28,29,30)/b20-6+,21-18+,27-16-. The number of benzene rings is 1. The van der Waals surface area contributed by atoms with Crippen molar-refractivity contribution >= 4 is 23.2 Å². The summed E-state index contributed by atoms with van der Waals surface area (Å²) in [6, 6.07) is 8.29. The van der Waals surface area contributed by atoms with Crippen LogP contribution >= 0.6 is 0 Å². The molecule has 5 heteroatoms. The first kappa shape index (κ1) is 22.5. The van der Waals surface area contributed by atoms with Gasteiger partial charge in [0.2, 0.25) is 0 Å². The van der Waals surface area contributed by atoms with Gasteiger partial charge in [0, 0.05) is 63.0 Å². The smallest absolute Gasteiger partial charge is 0.161 e. The Morgan fingerprint density at radius 3 is 2.71 bits per heavy atom. The fraction of sp³-hybridized carbons (Fsp3) is 0.346. The monoisotopic (exact) mass is 415 g/mol. The van der Waals surface area contributed by atoms with Gasteiger partial charge in [-0.25, -0.2) is 9.97 Å². The maximum Gasteiger partial charge on any atom is 0.161 e. The van der Waals surface area contributed by atoms with Crippen molar-refractivity contribution in [1.82, 2.24) is 14.9 Å². The van der Waals surface area contributed by atoms with Crippen molar-refractivity contribution in [2.24, 2.45) is 10.9 Å². The molecule has 5 nitrogen and oxygen atoms in total. The van der Waals surface area contributed by atoms with Gasteiger partial charge in [-0.15, -0.1) is 0 Å². The highest BCUT2D eigenvalue weighted by molar-refractivity contribution is 6.11. The number of anilines is 1. The number of rotatable bonds is 9. The van der Waals surface area contributed by atoms with Crippen LogP contribution in [0, 0.1) is 5.92 Å². The van der Waals surface area contributed by atoms with Crippen LogP contribution in [0.4, 0.5) is 5.82 Å². The van der Waals surface area contributed by atoms with Gasteiger partial charge in [0.25, 0.3) is 0 Å². The van der Waals surface area contributed by atoms with Crippen LogP contribution in [0.25, 0.3) is 22.5 Å². The molecular weight excluding hydrogens is 382 g/mol. The fourth-order valence-corrected chi connectivity index (χ4v) is 3.60. The summed E-state index contributed by atoms with van der Waals surface area (Å²) < 4.78 is 0. The van der Waals surface area contributed by atoms with Crippen LogP contribution in [-0.2, 0) is 0 Å². The average Bonchev–Trinajstić information content (AvgIpc) is 2.75. The van der Waals surface area contributed by atoms with Crippen molar-refractivity contribution in [2.75, 3.05) is 33.0 Å². The maximum absolute atomic E-state index is 4.93. The highest BCUT2D eigenvalue weighted by Gasteiger charge is 2.19. The molecule has 0 aliphatic heterocycles. The first-order valence-corrected chi connectivity index (χ1v) is 10.9. The molecule has 1 aromatic heterocycles. The highest BCUT2D eigenvalue weighted by atomic mass is 15.0. The number of aromatic nitrogens is 2. The van der Waals surface area contributed by atoms with Crippen LogP contribution in [0.5, 0.6) is 0 Å². The van der Waals surface area contributed by atoms with Crippen molar-refractivity contribution in [2.45, 2.75) is 26.2 Å². The zero-order valence-electron chi connectivity index (χ0n) is 19.1. The van der Waals surface area contributed by atoms with E-state index in [0.717, 1.165) is 46.1 Å².